The van der Waals surface area contributed by atoms with Crippen molar-refractivity contribution in [2.45, 2.75) is 19.0 Å². The molecule has 0 radical (unpaired) electrons. The number of amides is 1. The summed E-state index contributed by atoms with van der Waals surface area (Å²) in [6.07, 6.45) is 3.37. The van der Waals surface area contributed by atoms with Crippen LogP contribution in [-0.2, 0) is 22.6 Å². The molecule has 7 heteroatoms. The minimum Gasteiger partial charge on any atom is -0.480 e. The van der Waals surface area contributed by atoms with E-state index in [2.05, 4.69) is 10.3 Å². The molecule has 1 aromatic carbocycles. The molecule has 2 aromatic rings. The molecule has 0 aliphatic carbocycles. The Hall–Kier alpha value is -2.70. The van der Waals surface area contributed by atoms with Gasteiger partial charge in [-0.1, -0.05) is 23.4 Å². The molecule has 0 bridgehead atoms. The number of nitrogens with zero attached hydrogens (tertiary/aromatic N) is 4. The van der Waals surface area contributed by atoms with Gasteiger partial charge in [-0.05, 0) is 11.6 Å². The Morgan fingerprint density at radius 1 is 1.35 bits per heavy atom. The summed E-state index contributed by atoms with van der Waals surface area (Å²) >= 11 is 0. The first kappa shape index (κ1) is 12.3. The van der Waals surface area contributed by atoms with Crippen molar-refractivity contribution in [3.05, 3.63) is 42.2 Å². The molecular weight excluding hydrogens is 260 g/mol. The summed E-state index contributed by atoms with van der Waals surface area (Å²) in [6.45, 7) is -0.0296. The number of aliphatic carboxylic acids is 1. The van der Waals surface area contributed by atoms with Crippen molar-refractivity contribution in [1.82, 2.24) is 15.0 Å². The first-order chi connectivity index (χ1) is 9.66. The van der Waals surface area contributed by atoms with Crippen LogP contribution in [0, 0.1) is 0 Å². The molecule has 2 heterocycles. The van der Waals surface area contributed by atoms with Crippen molar-refractivity contribution in [3.8, 4) is 0 Å². The normalized spacial score (nSPS) is 17.0. The van der Waals surface area contributed by atoms with Crippen LogP contribution in [0.5, 0.6) is 0 Å². The van der Waals surface area contributed by atoms with Crippen molar-refractivity contribution in [2.24, 2.45) is 0 Å². The van der Waals surface area contributed by atoms with Gasteiger partial charge in [0, 0.05) is 18.3 Å². The average Bonchev–Trinajstić information content (AvgIpc) is 3.04. The van der Waals surface area contributed by atoms with E-state index in [1.54, 1.807) is 18.3 Å². The first-order valence-electron chi connectivity index (χ1n) is 6.13. The quantitative estimate of drug-likeness (QED) is 0.869. The number of carboxylic acids is 1. The number of para-hydroxylation sites is 1. The third-order valence-electron chi connectivity index (χ3n) is 3.30. The second-order valence-corrected chi connectivity index (χ2v) is 4.55. The molecule has 102 valence electrons. The number of rotatable bonds is 3. The maximum atomic E-state index is 12.4. The third kappa shape index (κ3) is 2.03. The molecule has 0 saturated carbocycles. The topological polar surface area (TPSA) is 88.3 Å². The fourth-order valence-corrected chi connectivity index (χ4v) is 2.42. The lowest BCUT2D eigenvalue weighted by molar-refractivity contribution is -0.140. The lowest BCUT2D eigenvalue weighted by Crippen LogP contribution is -2.44. The van der Waals surface area contributed by atoms with Crippen molar-refractivity contribution in [1.29, 1.82) is 0 Å². The molecule has 20 heavy (non-hydrogen) atoms. The highest BCUT2D eigenvalue weighted by Gasteiger charge is 2.38. The summed E-state index contributed by atoms with van der Waals surface area (Å²) in [7, 11) is 0. The van der Waals surface area contributed by atoms with E-state index in [-0.39, 0.29) is 12.5 Å². The Labute approximate surface area is 114 Å². The van der Waals surface area contributed by atoms with E-state index in [0.29, 0.717) is 12.1 Å². The molecule has 1 amide bonds. The fraction of sp³-hybridized carbons (Fsp3) is 0.231. The number of carbonyl (C=O) groups is 2. The molecule has 7 nitrogen and oxygen atoms in total. The number of anilines is 1. The molecule has 1 aromatic heterocycles. The summed E-state index contributed by atoms with van der Waals surface area (Å²) in [6, 6.07) is 6.37. The lowest BCUT2D eigenvalue weighted by Gasteiger charge is -2.22. The van der Waals surface area contributed by atoms with Crippen LogP contribution >= 0.6 is 0 Å². The van der Waals surface area contributed by atoms with Gasteiger partial charge in [-0.3, -0.25) is 9.69 Å². The highest BCUT2D eigenvalue weighted by atomic mass is 16.4. The lowest BCUT2D eigenvalue weighted by atomic mass is 10.1. The first-order valence-corrected chi connectivity index (χ1v) is 6.13. The molecule has 1 atom stereocenters. The fourth-order valence-electron chi connectivity index (χ4n) is 2.42. The van der Waals surface area contributed by atoms with Crippen LogP contribution in [0.1, 0.15) is 5.56 Å². The molecule has 1 aliphatic heterocycles. The van der Waals surface area contributed by atoms with Gasteiger partial charge < -0.3 is 5.11 Å². The number of hydrogen-bond acceptors (Lipinski definition) is 4. The smallest absolute Gasteiger partial charge is 0.327 e. The van der Waals surface area contributed by atoms with Gasteiger partial charge in [0.25, 0.3) is 0 Å². The summed E-state index contributed by atoms with van der Waals surface area (Å²) in [5.41, 5.74) is 1.52. The van der Waals surface area contributed by atoms with Crippen molar-refractivity contribution >= 4 is 17.6 Å². The summed E-state index contributed by atoms with van der Waals surface area (Å²) in [5, 5.41) is 16.7. The SMILES string of the molecule is O=C(O)[C@@H]1Cc2ccccc2N1C(=O)Cn1ccnn1. The van der Waals surface area contributed by atoms with E-state index in [1.807, 2.05) is 12.1 Å². The highest BCUT2D eigenvalue weighted by Crippen LogP contribution is 2.32. The predicted octanol–water partition coefficient (Wildman–Crippen LogP) is 0.321. The standard InChI is InChI=1S/C13H12N4O3/c18-12(8-16-6-5-14-15-16)17-10-4-2-1-3-9(10)7-11(17)13(19)20/h1-6,11H,7-8H2,(H,19,20)/t11-/m0/s1. The number of hydrogen-bond donors (Lipinski definition) is 1. The van der Waals surface area contributed by atoms with Crippen molar-refractivity contribution in [2.75, 3.05) is 4.90 Å². The summed E-state index contributed by atoms with van der Waals surface area (Å²) in [4.78, 5) is 25.1. The Balaban J connectivity index is 1.92. The molecule has 1 N–H and O–H groups in total. The molecule has 1 aliphatic rings. The Kier molecular flexibility index (Phi) is 2.94. The van der Waals surface area contributed by atoms with Crippen LogP contribution in [-0.4, -0.2) is 38.0 Å². The third-order valence-corrected chi connectivity index (χ3v) is 3.30. The van der Waals surface area contributed by atoms with Crippen LogP contribution in [0.4, 0.5) is 5.69 Å². The molecule has 0 fully saturated rings. The number of fused-ring (bicyclic) bond motifs is 1. The number of carboxylic acid groups (broad SMARTS) is 1. The maximum absolute atomic E-state index is 12.4. The summed E-state index contributed by atoms with van der Waals surface area (Å²) < 4.78 is 1.38. The molecule has 3 rings (SSSR count). The van der Waals surface area contributed by atoms with E-state index < -0.39 is 12.0 Å². The van der Waals surface area contributed by atoms with E-state index >= 15 is 0 Å². The van der Waals surface area contributed by atoms with Crippen LogP contribution in [0.25, 0.3) is 0 Å². The van der Waals surface area contributed by atoms with E-state index in [0.717, 1.165) is 5.56 Å². The Morgan fingerprint density at radius 2 is 2.15 bits per heavy atom. The Morgan fingerprint density at radius 3 is 2.85 bits per heavy atom. The van der Waals surface area contributed by atoms with Crippen molar-refractivity contribution < 1.29 is 14.7 Å². The number of benzene rings is 1. The average molecular weight is 272 g/mol. The molecule has 0 unspecified atom stereocenters. The van der Waals surface area contributed by atoms with Crippen LogP contribution in [0.3, 0.4) is 0 Å². The van der Waals surface area contributed by atoms with Crippen molar-refractivity contribution in [3.63, 3.8) is 0 Å². The molecular formula is C13H12N4O3. The predicted molar refractivity (Wildman–Crippen MR) is 69.1 cm³/mol. The van der Waals surface area contributed by atoms with Gasteiger partial charge in [-0.15, -0.1) is 5.10 Å². The van der Waals surface area contributed by atoms with Gasteiger partial charge in [0.2, 0.25) is 5.91 Å². The van der Waals surface area contributed by atoms with Gasteiger partial charge >= 0.3 is 5.97 Å². The van der Waals surface area contributed by atoms with Gasteiger partial charge in [0.1, 0.15) is 12.6 Å². The summed E-state index contributed by atoms with van der Waals surface area (Å²) in [5.74, 6) is -1.32. The minimum atomic E-state index is -1.01. The van der Waals surface area contributed by atoms with Crippen LogP contribution in [0.2, 0.25) is 0 Å². The van der Waals surface area contributed by atoms with Gasteiger partial charge in [0.15, 0.2) is 0 Å². The molecule has 0 spiro atoms. The second-order valence-electron chi connectivity index (χ2n) is 4.55. The zero-order chi connectivity index (χ0) is 14.1. The van der Waals surface area contributed by atoms with Gasteiger partial charge in [-0.25, -0.2) is 9.48 Å². The van der Waals surface area contributed by atoms with E-state index in [9.17, 15) is 14.7 Å². The molecule has 0 saturated heterocycles. The van der Waals surface area contributed by atoms with Gasteiger partial charge in [-0.2, -0.15) is 0 Å². The number of aromatic nitrogens is 3. The van der Waals surface area contributed by atoms with Crippen LogP contribution < -0.4 is 4.90 Å². The maximum Gasteiger partial charge on any atom is 0.327 e. The monoisotopic (exact) mass is 272 g/mol. The van der Waals surface area contributed by atoms with Gasteiger partial charge in [0.05, 0.1) is 6.20 Å². The van der Waals surface area contributed by atoms with E-state index in [1.165, 1.54) is 15.8 Å². The highest BCUT2D eigenvalue weighted by molar-refractivity contribution is 6.01. The van der Waals surface area contributed by atoms with E-state index in [4.69, 9.17) is 0 Å². The zero-order valence-corrected chi connectivity index (χ0v) is 10.5. The number of carbonyl (C=O) groups excluding carboxylic acids is 1. The largest absolute Gasteiger partial charge is 0.480 e. The second kappa shape index (κ2) is 4.76. The Bertz CT molecular complexity index is 653. The van der Waals surface area contributed by atoms with Crippen LogP contribution in [0.15, 0.2) is 36.7 Å². The zero-order valence-electron chi connectivity index (χ0n) is 10.5. The minimum absolute atomic E-state index is 0.0296.